The number of hydrogen-bond donors (Lipinski definition) is 0. The lowest BCUT2D eigenvalue weighted by molar-refractivity contribution is -0.131. The Kier molecular flexibility index (Phi) is 12.1. The van der Waals surface area contributed by atoms with Gasteiger partial charge in [-0.1, -0.05) is 124 Å². The van der Waals surface area contributed by atoms with Crippen LogP contribution in [0.4, 0.5) is 0 Å². The van der Waals surface area contributed by atoms with Crippen LogP contribution in [0.2, 0.25) is 5.04 Å². The monoisotopic (exact) mass is 650 g/mol. The van der Waals surface area contributed by atoms with Crippen molar-refractivity contribution in [2.75, 3.05) is 18.3 Å². The molecule has 0 spiro atoms. The highest BCUT2D eigenvalue weighted by atomic mass is 127. The summed E-state index contributed by atoms with van der Waals surface area (Å²) in [6, 6.07) is 21.7. The predicted molar refractivity (Wildman–Crippen MR) is 169 cm³/mol. The molecule has 6 atom stereocenters. The molecule has 1 fully saturated rings. The molecule has 0 N–H and O–H groups in total. The second kappa shape index (κ2) is 14.6. The van der Waals surface area contributed by atoms with Gasteiger partial charge in [-0.15, -0.1) is 6.58 Å². The van der Waals surface area contributed by atoms with E-state index < -0.39 is 8.32 Å². The highest BCUT2D eigenvalue weighted by molar-refractivity contribution is 14.1. The zero-order chi connectivity index (χ0) is 27.8. The van der Waals surface area contributed by atoms with E-state index in [9.17, 15) is 0 Å². The maximum atomic E-state index is 7.70. The quantitative estimate of drug-likeness (QED) is 0.0746. The van der Waals surface area contributed by atoms with E-state index in [1.807, 2.05) is 6.08 Å². The Morgan fingerprint density at radius 1 is 1.08 bits per heavy atom. The third-order valence-electron chi connectivity index (χ3n) is 7.82. The number of halogens is 1. The summed E-state index contributed by atoms with van der Waals surface area (Å²) in [6.07, 6.45) is 4.73. The van der Waals surface area contributed by atoms with Crippen molar-refractivity contribution in [3.63, 3.8) is 0 Å². The van der Waals surface area contributed by atoms with Gasteiger partial charge in [-0.2, -0.15) is 0 Å². The zero-order valence-corrected chi connectivity index (χ0v) is 27.2. The van der Waals surface area contributed by atoms with E-state index in [2.05, 4.69) is 124 Å². The summed E-state index contributed by atoms with van der Waals surface area (Å²) < 4.78 is 27.1. The van der Waals surface area contributed by atoms with Gasteiger partial charge in [-0.3, -0.25) is 0 Å². The van der Waals surface area contributed by atoms with Crippen LogP contribution in [0.3, 0.4) is 0 Å². The normalized spacial score (nSPS) is 22.7. The molecule has 0 amide bonds. The Morgan fingerprint density at radius 2 is 1.66 bits per heavy atom. The van der Waals surface area contributed by atoms with Crippen LogP contribution in [-0.4, -0.2) is 51.1 Å². The van der Waals surface area contributed by atoms with Gasteiger partial charge in [0, 0.05) is 18.0 Å². The van der Waals surface area contributed by atoms with Crippen molar-refractivity contribution in [2.24, 2.45) is 11.8 Å². The van der Waals surface area contributed by atoms with Gasteiger partial charge in [0.05, 0.1) is 24.4 Å². The first-order valence-corrected chi connectivity index (χ1v) is 17.3. The number of benzene rings is 2. The molecular formula is C32H47IO4Si. The number of rotatable bonds is 14. The van der Waals surface area contributed by atoms with Gasteiger partial charge in [0.1, 0.15) is 6.79 Å². The van der Waals surface area contributed by atoms with E-state index >= 15 is 0 Å². The molecule has 0 unspecified atom stereocenters. The second-order valence-corrected chi connectivity index (χ2v) is 16.9. The van der Waals surface area contributed by atoms with Crippen LogP contribution in [0.25, 0.3) is 0 Å². The summed E-state index contributed by atoms with van der Waals surface area (Å²) in [5.41, 5.74) is 0. The Bertz CT molecular complexity index is 925. The number of alkyl halides is 1. The SMILES string of the molecule is C=CC[C@@H]1O[C@@H](C[C@H](O[Si](c2ccccc2)(c2ccccc2)C(C)(C)C)[C@@H](OCOC)[C@@H](C)CI)C[C@@H]1C. The summed E-state index contributed by atoms with van der Waals surface area (Å²) >= 11 is 2.47. The minimum Gasteiger partial charge on any atom is -0.402 e. The molecule has 6 heteroatoms. The minimum absolute atomic E-state index is 0.119. The van der Waals surface area contributed by atoms with Crippen molar-refractivity contribution in [3.8, 4) is 0 Å². The Morgan fingerprint density at radius 3 is 2.13 bits per heavy atom. The molecule has 2 aromatic rings. The first-order chi connectivity index (χ1) is 18.2. The van der Waals surface area contributed by atoms with Gasteiger partial charge in [-0.05, 0) is 40.1 Å². The van der Waals surface area contributed by atoms with E-state index in [1.54, 1.807) is 7.11 Å². The number of ether oxygens (including phenoxy) is 3. The van der Waals surface area contributed by atoms with E-state index in [0.29, 0.717) is 5.92 Å². The second-order valence-electron chi connectivity index (χ2n) is 11.8. The lowest BCUT2D eigenvalue weighted by Gasteiger charge is -2.47. The van der Waals surface area contributed by atoms with Gasteiger partial charge in [0.2, 0.25) is 0 Å². The largest absolute Gasteiger partial charge is 0.402 e. The Labute approximate surface area is 245 Å². The molecule has 1 heterocycles. The molecule has 1 aliphatic rings. The molecule has 1 aliphatic heterocycles. The fraction of sp³-hybridized carbons (Fsp3) is 0.562. The maximum absolute atomic E-state index is 7.70. The number of methoxy groups -OCH3 is 1. The van der Waals surface area contributed by atoms with Crippen LogP contribution < -0.4 is 10.4 Å². The molecular weight excluding hydrogens is 603 g/mol. The third-order valence-corrected chi connectivity index (χ3v) is 14.3. The summed E-state index contributed by atoms with van der Waals surface area (Å²) in [4.78, 5) is 0. The fourth-order valence-electron chi connectivity index (χ4n) is 5.91. The summed E-state index contributed by atoms with van der Waals surface area (Å²) in [5.74, 6) is 0.781. The van der Waals surface area contributed by atoms with Gasteiger partial charge < -0.3 is 18.6 Å². The van der Waals surface area contributed by atoms with Crippen molar-refractivity contribution in [2.45, 2.75) is 83.3 Å². The Balaban J connectivity index is 2.13. The first-order valence-electron chi connectivity index (χ1n) is 13.9. The molecule has 4 nitrogen and oxygen atoms in total. The average molecular weight is 651 g/mol. The third kappa shape index (κ3) is 7.37. The van der Waals surface area contributed by atoms with Gasteiger partial charge >= 0.3 is 0 Å². The molecule has 0 radical (unpaired) electrons. The van der Waals surface area contributed by atoms with Crippen molar-refractivity contribution in [1.29, 1.82) is 0 Å². The van der Waals surface area contributed by atoms with E-state index in [1.165, 1.54) is 10.4 Å². The van der Waals surface area contributed by atoms with Crippen LogP contribution in [0.1, 0.15) is 53.9 Å². The molecule has 0 bridgehead atoms. The highest BCUT2D eigenvalue weighted by Gasteiger charge is 2.53. The van der Waals surface area contributed by atoms with Crippen LogP contribution in [0.5, 0.6) is 0 Å². The molecule has 0 saturated carbocycles. The van der Waals surface area contributed by atoms with Crippen LogP contribution >= 0.6 is 22.6 Å². The maximum Gasteiger partial charge on any atom is 0.261 e. The molecule has 0 aliphatic carbocycles. The lowest BCUT2D eigenvalue weighted by atomic mass is 9.94. The van der Waals surface area contributed by atoms with Gasteiger partial charge in [0.15, 0.2) is 0 Å². The van der Waals surface area contributed by atoms with E-state index in [0.717, 1.165) is 23.7 Å². The summed E-state index contributed by atoms with van der Waals surface area (Å²) in [5, 5.41) is 2.44. The van der Waals surface area contributed by atoms with Gasteiger partial charge in [0.25, 0.3) is 8.32 Å². The van der Waals surface area contributed by atoms with E-state index in [-0.39, 0.29) is 42.2 Å². The predicted octanol–water partition coefficient (Wildman–Crippen LogP) is 6.75. The highest BCUT2D eigenvalue weighted by Crippen LogP contribution is 2.40. The van der Waals surface area contributed by atoms with Crippen molar-refractivity contribution in [1.82, 2.24) is 0 Å². The van der Waals surface area contributed by atoms with E-state index in [4.69, 9.17) is 18.6 Å². The minimum atomic E-state index is -2.79. The van der Waals surface area contributed by atoms with Gasteiger partial charge in [-0.25, -0.2) is 0 Å². The molecule has 1 saturated heterocycles. The Hall–Kier alpha value is -1.03. The molecule has 0 aromatic heterocycles. The van der Waals surface area contributed by atoms with Crippen LogP contribution in [0.15, 0.2) is 73.3 Å². The number of hydrogen-bond acceptors (Lipinski definition) is 4. The fourth-order valence-corrected chi connectivity index (χ4v) is 11.1. The lowest BCUT2D eigenvalue weighted by Crippen LogP contribution is -2.69. The smallest absolute Gasteiger partial charge is 0.261 e. The molecule has 2 aromatic carbocycles. The molecule has 3 rings (SSSR count). The first kappa shape index (κ1) is 31.5. The average Bonchev–Trinajstić information content (AvgIpc) is 3.25. The summed E-state index contributed by atoms with van der Waals surface area (Å²) in [7, 11) is -1.10. The summed E-state index contributed by atoms with van der Waals surface area (Å²) in [6.45, 7) is 15.7. The van der Waals surface area contributed by atoms with Crippen LogP contribution in [-0.2, 0) is 18.6 Å². The molecule has 210 valence electrons. The topological polar surface area (TPSA) is 36.9 Å². The van der Waals surface area contributed by atoms with Crippen molar-refractivity contribution < 1.29 is 18.6 Å². The standard InChI is InChI=1S/C32H47IO4Si/c1-8-15-29-24(2)20-26(36-29)21-30(31(25(3)22-33)35-23-34-7)37-38(32(4,5)6,27-16-11-9-12-17-27)28-18-13-10-14-19-28/h8-14,16-19,24-26,29-31H,1,15,20-23H2,2-7H3/t24-,25-,26+,29-,30-,31-/m0/s1. The molecule has 38 heavy (non-hydrogen) atoms. The van der Waals surface area contributed by atoms with Crippen molar-refractivity contribution >= 4 is 41.3 Å². The zero-order valence-electron chi connectivity index (χ0n) is 24.1. The van der Waals surface area contributed by atoms with Crippen LogP contribution in [0, 0.1) is 11.8 Å². The van der Waals surface area contributed by atoms with Crippen molar-refractivity contribution in [3.05, 3.63) is 73.3 Å².